The summed E-state index contributed by atoms with van der Waals surface area (Å²) in [5, 5.41) is 0. The number of carbonyl (C=O) groups excluding carboxylic acids is 1. The molecule has 1 aromatic heterocycles. The minimum absolute atomic E-state index is 0.00147. The predicted octanol–water partition coefficient (Wildman–Crippen LogP) is 6.41. The zero-order chi connectivity index (χ0) is 29.6. The van der Waals surface area contributed by atoms with E-state index < -0.39 is 50.4 Å². The van der Waals surface area contributed by atoms with Gasteiger partial charge in [-0.3, -0.25) is 9.52 Å². The summed E-state index contributed by atoms with van der Waals surface area (Å²) in [7, 11) is -2.39. The van der Waals surface area contributed by atoms with Crippen molar-refractivity contribution in [3.63, 3.8) is 0 Å². The van der Waals surface area contributed by atoms with E-state index in [9.17, 15) is 39.6 Å². The zero-order valence-electron chi connectivity index (χ0n) is 21.5. The largest absolute Gasteiger partial charge is 0.416 e. The number of nitrogens with zero attached hydrogens (tertiary/aromatic N) is 2. The molecular formula is C26H25F6N3O3S. The molecule has 39 heavy (non-hydrogen) atoms. The fraction of sp³-hybridized carbons (Fsp3) is 0.308. The number of likely N-dealkylation sites (N-methyl/N-ethyl adjacent to an activating group) is 1. The van der Waals surface area contributed by atoms with E-state index >= 15 is 0 Å². The molecule has 0 saturated heterocycles. The maximum atomic E-state index is 13.7. The molecule has 6 nitrogen and oxygen atoms in total. The van der Waals surface area contributed by atoms with Crippen molar-refractivity contribution in [3.05, 3.63) is 77.0 Å². The highest BCUT2D eigenvalue weighted by Gasteiger charge is 2.41. The fourth-order valence-corrected chi connectivity index (χ4v) is 4.51. The number of rotatable bonds is 6. The number of halogens is 6. The van der Waals surface area contributed by atoms with Crippen LogP contribution in [0.1, 0.15) is 36.1 Å². The average molecular weight is 574 g/mol. The van der Waals surface area contributed by atoms with E-state index in [2.05, 4.69) is 9.71 Å². The molecule has 2 aromatic carbocycles. The Labute approximate surface area is 221 Å². The molecular weight excluding hydrogens is 548 g/mol. The molecule has 0 unspecified atom stereocenters. The van der Waals surface area contributed by atoms with Crippen molar-refractivity contribution in [1.82, 2.24) is 4.98 Å². The summed E-state index contributed by atoms with van der Waals surface area (Å²) in [6, 6.07) is 9.41. The molecule has 210 valence electrons. The fourth-order valence-electron chi connectivity index (χ4n) is 4.02. The number of aromatic nitrogens is 1. The summed E-state index contributed by atoms with van der Waals surface area (Å²) < 4.78 is 107. The van der Waals surface area contributed by atoms with E-state index in [4.69, 9.17) is 0 Å². The van der Waals surface area contributed by atoms with Crippen molar-refractivity contribution in [1.29, 1.82) is 0 Å². The van der Waals surface area contributed by atoms with Gasteiger partial charge in [0.25, 0.3) is 0 Å². The Morgan fingerprint density at radius 1 is 0.872 bits per heavy atom. The third-order valence-electron chi connectivity index (χ3n) is 6.12. The first-order valence-electron chi connectivity index (χ1n) is 11.3. The summed E-state index contributed by atoms with van der Waals surface area (Å²) in [5.41, 5.74) is -3.52. The number of amides is 1. The standard InChI is InChI=1S/C26H25F6N3O3S/c1-15-8-6-7-9-19(15)20-13-22(34-39(5,37)38)33-14-21(20)35(4)23(36)24(2,3)16-10-17(25(27,28)29)12-18(11-16)26(30,31)32/h6-14H,1-5H3,(H,33,34). The maximum Gasteiger partial charge on any atom is 0.416 e. The first-order valence-corrected chi connectivity index (χ1v) is 13.2. The normalized spacial score (nSPS) is 12.8. The van der Waals surface area contributed by atoms with Gasteiger partial charge in [0.05, 0.1) is 34.7 Å². The van der Waals surface area contributed by atoms with Gasteiger partial charge in [-0.2, -0.15) is 26.3 Å². The van der Waals surface area contributed by atoms with Crippen LogP contribution in [0.25, 0.3) is 11.1 Å². The van der Waals surface area contributed by atoms with Crippen molar-refractivity contribution in [2.24, 2.45) is 0 Å². The highest BCUT2D eigenvalue weighted by molar-refractivity contribution is 7.92. The van der Waals surface area contributed by atoms with Crippen LogP contribution in [-0.2, 0) is 32.6 Å². The molecule has 0 spiro atoms. The number of pyridine rings is 1. The van der Waals surface area contributed by atoms with Gasteiger partial charge in [0.1, 0.15) is 5.82 Å². The molecule has 0 saturated carbocycles. The van der Waals surface area contributed by atoms with Gasteiger partial charge in [0.15, 0.2) is 0 Å². The number of hydrogen-bond acceptors (Lipinski definition) is 4. The lowest BCUT2D eigenvalue weighted by molar-refractivity contribution is -0.143. The molecule has 1 heterocycles. The van der Waals surface area contributed by atoms with E-state index in [-0.39, 0.29) is 17.6 Å². The Morgan fingerprint density at radius 3 is 1.87 bits per heavy atom. The molecule has 0 radical (unpaired) electrons. The van der Waals surface area contributed by atoms with Gasteiger partial charge in [-0.05, 0) is 61.7 Å². The molecule has 3 rings (SSSR count). The van der Waals surface area contributed by atoms with E-state index in [1.54, 1.807) is 31.2 Å². The van der Waals surface area contributed by atoms with Gasteiger partial charge in [-0.25, -0.2) is 13.4 Å². The third kappa shape index (κ3) is 6.70. The molecule has 0 atom stereocenters. The first kappa shape index (κ1) is 29.9. The molecule has 0 aliphatic heterocycles. The molecule has 0 bridgehead atoms. The summed E-state index contributed by atoms with van der Waals surface area (Å²) in [6.45, 7) is 4.22. The second-order valence-electron chi connectivity index (χ2n) is 9.56. The van der Waals surface area contributed by atoms with Crippen LogP contribution < -0.4 is 9.62 Å². The van der Waals surface area contributed by atoms with Crippen molar-refractivity contribution >= 4 is 27.4 Å². The molecule has 0 aliphatic carbocycles. The van der Waals surface area contributed by atoms with Crippen LogP contribution in [0.3, 0.4) is 0 Å². The Hall–Kier alpha value is -3.61. The lowest BCUT2D eigenvalue weighted by Crippen LogP contribution is -2.42. The Balaban J connectivity index is 2.17. The number of nitrogens with one attached hydrogen (secondary N) is 1. The Morgan fingerprint density at radius 2 is 1.38 bits per heavy atom. The summed E-state index contributed by atoms with van der Waals surface area (Å²) in [6.07, 6.45) is -8.02. The molecule has 13 heteroatoms. The monoisotopic (exact) mass is 573 g/mol. The Bertz CT molecular complexity index is 1480. The van der Waals surface area contributed by atoms with E-state index in [0.717, 1.165) is 16.7 Å². The van der Waals surface area contributed by atoms with Gasteiger partial charge in [-0.1, -0.05) is 24.3 Å². The lowest BCUT2D eigenvalue weighted by atomic mass is 9.81. The van der Waals surface area contributed by atoms with Crippen LogP contribution in [0.2, 0.25) is 0 Å². The van der Waals surface area contributed by atoms with Gasteiger partial charge < -0.3 is 4.90 Å². The quantitative estimate of drug-likeness (QED) is 0.346. The molecule has 1 amide bonds. The van der Waals surface area contributed by atoms with Gasteiger partial charge in [0.2, 0.25) is 15.9 Å². The third-order valence-corrected chi connectivity index (χ3v) is 6.70. The molecule has 3 aromatic rings. The van der Waals surface area contributed by atoms with Crippen LogP contribution in [0.15, 0.2) is 54.7 Å². The summed E-state index contributed by atoms with van der Waals surface area (Å²) in [4.78, 5) is 18.8. The van der Waals surface area contributed by atoms with Crippen LogP contribution in [-0.4, -0.2) is 32.6 Å². The van der Waals surface area contributed by atoms with Crippen molar-refractivity contribution < 1.29 is 39.6 Å². The zero-order valence-corrected chi connectivity index (χ0v) is 22.3. The van der Waals surface area contributed by atoms with Crippen LogP contribution in [0, 0.1) is 6.92 Å². The number of carbonyl (C=O) groups is 1. The van der Waals surface area contributed by atoms with Crippen molar-refractivity contribution in [2.75, 3.05) is 22.9 Å². The number of aryl methyl sites for hydroxylation is 1. The number of sulfonamides is 1. The Kier molecular flexibility index (Phi) is 7.81. The number of alkyl halides is 6. The summed E-state index contributed by atoms with van der Waals surface area (Å²) >= 11 is 0. The highest BCUT2D eigenvalue weighted by Crippen LogP contribution is 2.41. The van der Waals surface area contributed by atoms with Crippen LogP contribution in [0.4, 0.5) is 37.8 Å². The van der Waals surface area contributed by atoms with Gasteiger partial charge >= 0.3 is 12.4 Å². The second-order valence-corrected chi connectivity index (χ2v) is 11.3. The maximum absolute atomic E-state index is 13.7. The van der Waals surface area contributed by atoms with E-state index in [1.807, 2.05) is 0 Å². The number of benzene rings is 2. The summed E-state index contributed by atoms with van der Waals surface area (Å²) in [5.74, 6) is -0.872. The van der Waals surface area contributed by atoms with E-state index in [1.165, 1.54) is 33.2 Å². The minimum Gasteiger partial charge on any atom is -0.313 e. The highest BCUT2D eigenvalue weighted by atomic mass is 32.2. The van der Waals surface area contributed by atoms with Gasteiger partial charge in [0, 0.05) is 12.6 Å². The van der Waals surface area contributed by atoms with E-state index in [0.29, 0.717) is 23.3 Å². The number of hydrogen-bond donors (Lipinski definition) is 1. The second kappa shape index (κ2) is 10.2. The minimum atomic E-state index is -5.08. The predicted molar refractivity (Wildman–Crippen MR) is 136 cm³/mol. The topological polar surface area (TPSA) is 79.4 Å². The first-order chi connectivity index (χ1) is 17.7. The lowest BCUT2D eigenvalue weighted by Gasteiger charge is -2.32. The van der Waals surface area contributed by atoms with Crippen molar-refractivity contribution in [3.8, 4) is 11.1 Å². The van der Waals surface area contributed by atoms with Crippen molar-refractivity contribution in [2.45, 2.75) is 38.5 Å². The molecule has 0 aliphatic rings. The smallest absolute Gasteiger partial charge is 0.313 e. The molecule has 1 N–H and O–H groups in total. The van der Waals surface area contributed by atoms with Crippen LogP contribution >= 0.6 is 0 Å². The SMILES string of the molecule is Cc1ccccc1-c1cc(NS(C)(=O)=O)ncc1N(C)C(=O)C(C)(C)c1cc(C(F)(F)F)cc(C(F)(F)F)c1. The number of anilines is 2. The molecule has 0 fully saturated rings. The average Bonchev–Trinajstić information content (AvgIpc) is 2.81. The van der Waals surface area contributed by atoms with Gasteiger partial charge in [-0.15, -0.1) is 0 Å². The van der Waals surface area contributed by atoms with Crippen LogP contribution in [0.5, 0.6) is 0 Å².